The van der Waals surface area contributed by atoms with Gasteiger partial charge in [0.05, 0.1) is 10.9 Å². The van der Waals surface area contributed by atoms with Crippen molar-refractivity contribution < 1.29 is 4.79 Å². The Balaban J connectivity index is 2.20. The minimum Gasteiger partial charge on any atom is -0.310 e. The zero-order valence-electron chi connectivity index (χ0n) is 12.2. The number of rotatable bonds is 5. The van der Waals surface area contributed by atoms with Crippen LogP contribution in [0.1, 0.15) is 31.7 Å². The molecule has 1 aromatic heterocycles. The Kier molecular flexibility index (Phi) is 5.34. The van der Waals surface area contributed by atoms with Gasteiger partial charge in [-0.1, -0.05) is 62.2 Å². The third kappa shape index (κ3) is 4.05. The smallest absolute Gasteiger partial charge is 0.233 e. The average Bonchev–Trinajstić information content (AvgIpc) is 2.50. The number of hydrogen-bond donors (Lipinski definition) is 1. The van der Waals surface area contributed by atoms with E-state index in [0.29, 0.717) is 10.8 Å². The Morgan fingerprint density at radius 3 is 2.52 bits per heavy atom. The first-order chi connectivity index (χ1) is 10.1. The first-order valence-electron chi connectivity index (χ1n) is 7.09. The van der Waals surface area contributed by atoms with E-state index in [1.165, 1.54) is 6.20 Å². The molecule has 0 saturated heterocycles. The summed E-state index contributed by atoms with van der Waals surface area (Å²) in [6.07, 6.45) is 2.46. The third-order valence-electron chi connectivity index (χ3n) is 3.63. The number of aromatic nitrogens is 1. The first kappa shape index (κ1) is 15.5. The zero-order valence-corrected chi connectivity index (χ0v) is 13.0. The molecule has 0 fully saturated rings. The fourth-order valence-electron chi connectivity index (χ4n) is 2.29. The highest BCUT2D eigenvalue weighted by atomic mass is 35.5. The van der Waals surface area contributed by atoms with Crippen molar-refractivity contribution in [3.05, 3.63) is 59.2 Å². The van der Waals surface area contributed by atoms with Crippen LogP contribution in [-0.4, -0.2) is 10.9 Å². The molecule has 1 aromatic carbocycles. The number of hydrogen-bond acceptors (Lipinski definition) is 2. The lowest BCUT2D eigenvalue weighted by Gasteiger charge is -2.22. The number of pyridine rings is 1. The van der Waals surface area contributed by atoms with E-state index in [1.807, 2.05) is 30.3 Å². The molecular formula is C17H19ClN2O. The van der Waals surface area contributed by atoms with Crippen LogP contribution in [0, 0.1) is 5.92 Å². The van der Waals surface area contributed by atoms with Crippen LogP contribution in [0.2, 0.25) is 5.02 Å². The quantitative estimate of drug-likeness (QED) is 0.883. The van der Waals surface area contributed by atoms with Gasteiger partial charge in [-0.05, 0) is 23.6 Å². The summed E-state index contributed by atoms with van der Waals surface area (Å²) in [7, 11) is 0. The van der Waals surface area contributed by atoms with Crippen molar-refractivity contribution in [1.29, 1.82) is 0 Å². The molecule has 2 rings (SSSR count). The van der Waals surface area contributed by atoms with Crippen LogP contribution >= 0.6 is 11.6 Å². The fourth-order valence-corrected chi connectivity index (χ4v) is 2.40. The van der Waals surface area contributed by atoms with Gasteiger partial charge in [0.1, 0.15) is 5.82 Å². The van der Waals surface area contributed by atoms with Gasteiger partial charge in [-0.25, -0.2) is 4.98 Å². The summed E-state index contributed by atoms with van der Waals surface area (Å²) >= 11 is 5.80. The minimum absolute atomic E-state index is 0.0367. The van der Waals surface area contributed by atoms with Crippen molar-refractivity contribution in [1.82, 2.24) is 4.98 Å². The van der Waals surface area contributed by atoms with Gasteiger partial charge in [-0.2, -0.15) is 0 Å². The second-order valence-electron chi connectivity index (χ2n) is 5.12. The molecule has 0 aliphatic rings. The number of anilines is 1. The molecule has 110 valence electrons. The van der Waals surface area contributed by atoms with Crippen molar-refractivity contribution >= 4 is 23.3 Å². The number of nitrogens with one attached hydrogen (secondary N) is 1. The summed E-state index contributed by atoms with van der Waals surface area (Å²) in [5.41, 5.74) is 1.03. The Bertz CT molecular complexity index is 583. The standard InChI is InChI=1S/C17H19ClN2O/c1-3-12(2)16(13-7-5-4-6-8-13)17(21)20-15-10-9-14(18)11-19-15/h4-12,16H,3H2,1-2H3,(H,19,20,21). The van der Waals surface area contributed by atoms with E-state index in [9.17, 15) is 4.79 Å². The maximum atomic E-state index is 12.6. The summed E-state index contributed by atoms with van der Waals surface area (Å²) in [6, 6.07) is 13.3. The van der Waals surface area contributed by atoms with E-state index in [4.69, 9.17) is 11.6 Å². The van der Waals surface area contributed by atoms with Gasteiger partial charge >= 0.3 is 0 Å². The molecule has 0 bridgehead atoms. The van der Waals surface area contributed by atoms with E-state index < -0.39 is 0 Å². The van der Waals surface area contributed by atoms with Gasteiger partial charge in [0.15, 0.2) is 0 Å². The molecule has 1 N–H and O–H groups in total. The average molecular weight is 303 g/mol. The van der Waals surface area contributed by atoms with Crippen molar-refractivity contribution in [3.63, 3.8) is 0 Å². The molecule has 0 aliphatic carbocycles. The van der Waals surface area contributed by atoms with Crippen molar-refractivity contribution in [3.8, 4) is 0 Å². The number of benzene rings is 1. The lowest BCUT2D eigenvalue weighted by atomic mass is 9.85. The Morgan fingerprint density at radius 1 is 1.24 bits per heavy atom. The largest absolute Gasteiger partial charge is 0.310 e. The van der Waals surface area contributed by atoms with Gasteiger partial charge in [-0.15, -0.1) is 0 Å². The van der Waals surface area contributed by atoms with E-state index in [2.05, 4.69) is 24.1 Å². The Labute approximate surface area is 130 Å². The summed E-state index contributed by atoms with van der Waals surface area (Å²) in [5, 5.41) is 3.42. The van der Waals surface area contributed by atoms with Crippen LogP contribution in [0.25, 0.3) is 0 Å². The predicted molar refractivity (Wildman–Crippen MR) is 86.5 cm³/mol. The summed E-state index contributed by atoms with van der Waals surface area (Å²) in [6.45, 7) is 4.18. The third-order valence-corrected chi connectivity index (χ3v) is 3.86. The molecule has 0 spiro atoms. The first-order valence-corrected chi connectivity index (χ1v) is 7.47. The number of nitrogens with zero attached hydrogens (tertiary/aromatic N) is 1. The van der Waals surface area contributed by atoms with Gasteiger partial charge in [0, 0.05) is 6.20 Å². The lowest BCUT2D eigenvalue weighted by Crippen LogP contribution is -2.26. The van der Waals surface area contributed by atoms with Gasteiger partial charge in [-0.3, -0.25) is 4.79 Å². The van der Waals surface area contributed by atoms with E-state index in [1.54, 1.807) is 12.1 Å². The fraction of sp³-hybridized carbons (Fsp3) is 0.294. The van der Waals surface area contributed by atoms with Crippen molar-refractivity contribution in [2.24, 2.45) is 5.92 Å². The molecule has 0 aliphatic heterocycles. The second-order valence-corrected chi connectivity index (χ2v) is 5.56. The highest BCUT2D eigenvalue weighted by Crippen LogP contribution is 2.28. The number of halogens is 1. The van der Waals surface area contributed by atoms with Crippen molar-refractivity contribution in [2.75, 3.05) is 5.32 Å². The summed E-state index contributed by atoms with van der Waals surface area (Å²) < 4.78 is 0. The Morgan fingerprint density at radius 2 is 1.95 bits per heavy atom. The van der Waals surface area contributed by atoms with E-state index >= 15 is 0 Å². The molecule has 4 heteroatoms. The van der Waals surface area contributed by atoms with Crippen LogP contribution in [0.15, 0.2) is 48.7 Å². The molecule has 0 saturated carbocycles. The van der Waals surface area contributed by atoms with Gasteiger partial charge < -0.3 is 5.32 Å². The molecule has 1 heterocycles. The predicted octanol–water partition coefficient (Wildman–Crippen LogP) is 4.50. The molecule has 2 unspecified atom stereocenters. The molecule has 3 nitrogen and oxygen atoms in total. The Hall–Kier alpha value is -1.87. The van der Waals surface area contributed by atoms with Crippen LogP contribution in [0.3, 0.4) is 0 Å². The molecule has 2 aromatic rings. The van der Waals surface area contributed by atoms with Crippen LogP contribution in [0.4, 0.5) is 5.82 Å². The zero-order chi connectivity index (χ0) is 15.2. The van der Waals surface area contributed by atoms with Crippen LogP contribution in [-0.2, 0) is 4.79 Å². The minimum atomic E-state index is -0.186. The highest BCUT2D eigenvalue weighted by Gasteiger charge is 2.25. The maximum Gasteiger partial charge on any atom is 0.233 e. The van der Waals surface area contributed by atoms with E-state index in [0.717, 1.165) is 12.0 Å². The summed E-state index contributed by atoms with van der Waals surface area (Å²) in [5.74, 6) is 0.549. The highest BCUT2D eigenvalue weighted by molar-refractivity contribution is 6.30. The van der Waals surface area contributed by atoms with Crippen LogP contribution in [0.5, 0.6) is 0 Å². The van der Waals surface area contributed by atoms with Gasteiger partial charge in [0.2, 0.25) is 5.91 Å². The molecule has 0 radical (unpaired) electrons. The van der Waals surface area contributed by atoms with Crippen molar-refractivity contribution in [2.45, 2.75) is 26.2 Å². The SMILES string of the molecule is CCC(C)C(C(=O)Nc1ccc(Cl)cn1)c1ccccc1. The summed E-state index contributed by atoms with van der Waals surface area (Å²) in [4.78, 5) is 16.7. The normalized spacial score (nSPS) is 13.5. The van der Waals surface area contributed by atoms with Crippen LogP contribution < -0.4 is 5.32 Å². The number of carbonyl (C=O) groups excluding carboxylic acids is 1. The second kappa shape index (κ2) is 7.23. The lowest BCUT2D eigenvalue weighted by molar-refractivity contribution is -0.118. The number of amides is 1. The van der Waals surface area contributed by atoms with E-state index in [-0.39, 0.29) is 17.7 Å². The molecule has 21 heavy (non-hydrogen) atoms. The topological polar surface area (TPSA) is 42.0 Å². The maximum absolute atomic E-state index is 12.6. The van der Waals surface area contributed by atoms with Gasteiger partial charge in [0.25, 0.3) is 0 Å². The molecule has 1 amide bonds. The number of carbonyl (C=O) groups is 1. The molecule has 2 atom stereocenters. The molecular weight excluding hydrogens is 284 g/mol. The monoisotopic (exact) mass is 302 g/mol.